The zero-order valence-corrected chi connectivity index (χ0v) is 14.2. The van der Waals surface area contributed by atoms with Crippen molar-refractivity contribution in [2.24, 2.45) is 34.5 Å². The first-order chi connectivity index (χ1) is 10.7. The molecule has 128 valence electrons. The molecule has 0 spiro atoms. The Morgan fingerprint density at radius 2 is 1.74 bits per heavy atom. The van der Waals surface area contributed by atoms with Gasteiger partial charge in [0.15, 0.2) is 5.79 Å². The number of ketones is 2. The standard InChI is InChI=1S/C19H28O4/c1-17-7-8-19(22,23)10-11(17)9-14(20)16-12-3-4-15(21)18(12,2)6-5-13(16)17/h11-13,16,22-23H,3-10H2,1-2H3/t11?,12-,13-,16-,17-,18-/m0/s1. The van der Waals surface area contributed by atoms with Gasteiger partial charge >= 0.3 is 0 Å². The van der Waals surface area contributed by atoms with E-state index in [4.69, 9.17) is 0 Å². The summed E-state index contributed by atoms with van der Waals surface area (Å²) in [4.78, 5) is 25.3. The lowest BCUT2D eigenvalue weighted by atomic mass is 9.44. The van der Waals surface area contributed by atoms with E-state index in [0.29, 0.717) is 37.4 Å². The quantitative estimate of drug-likeness (QED) is 0.672. The molecule has 0 aliphatic heterocycles. The minimum atomic E-state index is -1.61. The Labute approximate surface area is 137 Å². The Morgan fingerprint density at radius 3 is 2.48 bits per heavy atom. The van der Waals surface area contributed by atoms with Crippen LogP contribution in [0.15, 0.2) is 0 Å². The van der Waals surface area contributed by atoms with Crippen LogP contribution in [0.25, 0.3) is 0 Å². The first-order valence-corrected chi connectivity index (χ1v) is 9.18. The van der Waals surface area contributed by atoms with Crippen LogP contribution in [0.4, 0.5) is 0 Å². The number of Topliss-reactive ketones (excluding diaryl/α,β-unsaturated/α-hetero) is 2. The van der Waals surface area contributed by atoms with Gasteiger partial charge in [-0.3, -0.25) is 9.59 Å². The fourth-order valence-electron chi connectivity index (χ4n) is 6.68. The number of hydrogen-bond donors (Lipinski definition) is 2. The van der Waals surface area contributed by atoms with E-state index in [1.807, 2.05) is 0 Å². The van der Waals surface area contributed by atoms with E-state index in [1.165, 1.54) is 0 Å². The number of aliphatic hydroxyl groups is 2. The smallest absolute Gasteiger partial charge is 0.162 e. The third-order valence-corrected chi connectivity index (χ3v) is 8.22. The van der Waals surface area contributed by atoms with E-state index < -0.39 is 5.79 Å². The molecule has 4 aliphatic rings. The van der Waals surface area contributed by atoms with Crippen molar-refractivity contribution in [1.29, 1.82) is 0 Å². The van der Waals surface area contributed by atoms with Gasteiger partial charge in [-0.25, -0.2) is 0 Å². The molecule has 2 N–H and O–H groups in total. The summed E-state index contributed by atoms with van der Waals surface area (Å²) in [5, 5.41) is 20.1. The van der Waals surface area contributed by atoms with Crippen molar-refractivity contribution >= 4 is 11.6 Å². The van der Waals surface area contributed by atoms with Crippen molar-refractivity contribution in [3.05, 3.63) is 0 Å². The summed E-state index contributed by atoms with van der Waals surface area (Å²) in [6.45, 7) is 4.34. The Bertz CT molecular complexity index is 568. The molecule has 0 aromatic carbocycles. The van der Waals surface area contributed by atoms with Crippen LogP contribution in [0.3, 0.4) is 0 Å². The largest absolute Gasteiger partial charge is 0.366 e. The molecule has 0 aromatic heterocycles. The third kappa shape index (κ3) is 2.03. The highest BCUT2D eigenvalue weighted by Crippen LogP contribution is 2.65. The molecule has 4 saturated carbocycles. The normalized spacial score (nSPS) is 51.8. The summed E-state index contributed by atoms with van der Waals surface area (Å²) in [6, 6.07) is 0. The summed E-state index contributed by atoms with van der Waals surface area (Å²) < 4.78 is 0. The predicted molar refractivity (Wildman–Crippen MR) is 84.3 cm³/mol. The molecule has 1 unspecified atom stereocenters. The molecule has 0 aromatic rings. The molecule has 0 radical (unpaired) electrons. The number of carbonyl (C=O) groups is 2. The molecule has 6 atom stereocenters. The molecule has 4 heteroatoms. The van der Waals surface area contributed by atoms with Gasteiger partial charge in [-0.05, 0) is 48.9 Å². The number of fused-ring (bicyclic) bond motifs is 5. The summed E-state index contributed by atoms with van der Waals surface area (Å²) in [5.41, 5.74) is -0.271. The van der Waals surface area contributed by atoms with Gasteiger partial charge in [-0.2, -0.15) is 0 Å². The Balaban J connectivity index is 1.69. The number of hydrogen-bond acceptors (Lipinski definition) is 4. The summed E-state index contributed by atoms with van der Waals surface area (Å²) in [5.74, 6) is -0.352. The van der Waals surface area contributed by atoms with Gasteiger partial charge in [-0.1, -0.05) is 13.8 Å². The second kappa shape index (κ2) is 4.66. The van der Waals surface area contributed by atoms with Crippen molar-refractivity contribution in [3.8, 4) is 0 Å². The Kier molecular flexibility index (Phi) is 3.20. The molecule has 4 rings (SSSR count). The number of carbonyl (C=O) groups excluding carboxylic acids is 2. The van der Waals surface area contributed by atoms with Gasteiger partial charge in [0.2, 0.25) is 0 Å². The molecule has 0 saturated heterocycles. The highest BCUT2D eigenvalue weighted by molar-refractivity contribution is 5.90. The van der Waals surface area contributed by atoms with Crippen LogP contribution in [0.2, 0.25) is 0 Å². The monoisotopic (exact) mass is 320 g/mol. The van der Waals surface area contributed by atoms with Crippen molar-refractivity contribution in [2.75, 3.05) is 0 Å². The van der Waals surface area contributed by atoms with Crippen LogP contribution in [0.1, 0.15) is 65.2 Å². The maximum Gasteiger partial charge on any atom is 0.162 e. The molecule has 23 heavy (non-hydrogen) atoms. The van der Waals surface area contributed by atoms with E-state index in [1.54, 1.807) is 0 Å². The van der Waals surface area contributed by atoms with Crippen LogP contribution in [0, 0.1) is 34.5 Å². The van der Waals surface area contributed by atoms with E-state index in [9.17, 15) is 19.8 Å². The van der Waals surface area contributed by atoms with E-state index in [-0.39, 0.29) is 34.4 Å². The lowest BCUT2D eigenvalue weighted by Crippen LogP contribution is -2.58. The summed E-state index contributed by atoms with van der Waals surface area (Å²) in [6.07, 6.45) is 5.29. The van der Waals surface area contributed by atoms with Gasteiger partial charge in [0.05, 0.1) is 0 Å². The fourth-order valence-corrected chi connectivity index (χ4v) is 6.68. The van der Waals surface area contributed by atoms with Gasteiger partial charge in [0, 0.05) is 37.0 Å². The molecular weight excluding hydrogens is 292 g/mol. The lowest BCUT2D eigenvalue weighted by molar-refractivity contribution is -0.229. The molecule has 4 nitrogen and oxygen atoms in total. The maximum atomic E-state index is 13.0. The molecular formula is C19H28O4. The van der Waals surface area contributed by atoms with Crippen LogP contribution in [-0.2, 0) is 9.59 Å². The van der Waals surface area contributed by atoms with Gasteiger partial charge in [0.1, 0.15) is 11.6 Å². The van der Waals surface area contributed by atoms with Crippen LogP contribution in [0.5, 0.6) is 0 Å². The van der Waals surface area contributed by atoms with Crippen LogP contribution >= 0.6 is 0 Å². The van der Waals surface area contributed by atoms with Crippen molar-refractivity contribution in [1.82, 2.24) is 0 Å². The average Bonchev–Trinajstić information content (AvgIpc) is 2.77. The molecule has 0 bridgehead atoms. The van der Waals surface area contributed by atoms with E-state index in [0.717, 1.165) is 25.7 Å². The van der Waals surface area contributed by atoms with E-state index in [2.05, 4.69) is 13.8 Å². The predicted octanol–water partition coefficient (Wildman–Crippen LogP) is 2.46. The maximum absolute atomic E-state index is 13.0. The average molecular weight is 320 g/mol. The van der Waals surface area contributed by atoms with Gasteiger partial charge < -0.3 is 10.2 Å². The summed E-state index contributed by atoms with van der Waals surface area (Å²) in [7, 11) is 0. The van der Waals surface area contributed by atoms with Crippen molar-refractivity contribution in [3.63, 3.8) is 0 Å². The Hall–Kier alpha value is -0.740. The fraction of sp³-hybridized carbons (Fsp3) is 0.895. The molecule has 4 fully saturated rings. The Morgan fingerprint density at radius 1 is 1.00 bits per heavy atom. The second-order valence-corrected chi connectivity index (χ2v) is 9.22. The minimum Gasteiger partial charge on any atom is -0.366 e. The topological polar surface area (TPSA) is 74.6 Å². The van der Waals surface area contributed by atoms with Crippen molar-refractivity contribution in [2.45, 2.75) is 71.0 Å². The number of rotatable bonds is 0. The highest BCUT2D eigenvalue weighted by atomic mass is 16.5. The first kappa shape index (κ1) is 15.8. The zero-order chi connectivity index (χ0) is 16.6. The molecule has 0 heterocycles. The van der Waals surface area contributed by atoms with Gasteiger partial charge in [0.25, 0.3) is 0 Å². The van der Waals surface area contributed by atoms with Crippen LogP contribution in [-0.4, -0.2) is 27.6 Å². The SMILES string of the molecule is C[C@]12CCC(O)(O)CC1CC(=O)[C@@H]1[C@@H]2CC[C@]2(C)C(=O)CC[C@@H]12. The zero-order valence-electron chi connectivity index (χ0n) is 14.2. The molecule has 4 aliphatic carbocycles. The second-order valence-electron chi connectivity index (χ2n) is 9.22. The van der Waals surface area contributed by atoms with Gasteiger partial charge in [-0.15, -0.1) is 0 Å². The third-order valence-electron chi connectivity index (χ3n) is 8.22. The summed E-state index contributed by atoms with van der Waals surface area (Å²) >= 11 is 0. The first-order valence-electron chi connectivity index (χ1n) is 9.18. The van der Waals surface area contributed by atoms with Crippen molar-refractivity contribution < 1.29 is 19.8 Å². The highest BCUT2D eigenvalue weighted by Gasteiger charge is 2.63. The minimum absolute atomic E-state index is 0.0144. The molecule has 0 amide bonds. The van der Waals surface area contributed by atoms with Crippen LogP contribution < -0.4 is 0 Å². The lowest BCUT2D eigenvalue weighted by Gasteiger charge is -2.59. The van der Waals surface area contributed by atoms with E-state index >= 15 is 0 Å².